The maximum Gasteiger partial charge on any atom is 0.352 e. The van der Waals surface area contributed by atoms with E-state index < -0.39 is 11.6 Å². The molecule has 4 nitrogen and oxygen atoms in total. The first-order valence-electron chi connectivity index (χ1n) is 5.01. The summed E-state index contributed by atoms with van der Waals surface area (Å²) >= 11 is 2.77. The summed E-state index contributed by atoms with van der Waals surface area (Å²) in [6, 6.07) is 5.40. The summed E-state index contributed by atoms with van der Waals surface area (Å²) < 4.78 is 9.74. The van der Waals surface area contributed by atoms with Gasteiger partial charge in [-0.3, -0.25) is 0 Å². The summed E-state index contributed by atoms with van der Waals surface area (Å²) in [5.74, 6) is -0.210. The van der Waals surface area contributed by atoms with Gasteiger partial charge >= 0.3 is 11.6 Å². The quantitative estimate of drug-likeness (QED) is 0.640. The fourth-order valence-electron chi connectivity index (χ4n) is 1.46. The minimum absolute atomic E-state index is 0.0506. The van der Waals surface area contributed by atoms with Gasteiger partial charge in [0.15, 0.2) is 5.56 Å². The Labute approximate surface area is 112 Å². The van der Waals surface area contributed by atoms with Crippen LogP contribution in [0, 0.1) is 0 Å². The highest BCUT2D eigenvalue weighted by molar-refractivity contribution is 7.98. The van der Waals surface area contributed by atoms with Crippen molar-refractivity contribution in [3.8, 4) is 10.6 Å². The number of hydrogen-bond donors (Lipinski definition) is 0. The molecule has 0 unspecified atom stereocenters. The van der Waals surface area contributed by atoms with Gasteiger partial charge in [-0.15, -0.1) is 23.1 Å². The molecule has 6 heteroatoms. The Balaban J connectivity index is 2.60. The molecule has 0 aliphatic heterocycles. The minimum atomic E-state index is -0.675. The summed E-state index contributed by atoms with van der Waals surface area (Å²) in [5, 5.41) is 1.89. The molecule has 0 amide bonds. The predicted octanol–water partition coefficient (Wildman–Crippen LogP) is 2.88. The molecular formula is C12H10O4S2. The van der Waals surface area contributed by atoms with Crippen molar-refractivity contribution in [2.24, 2.45) is 0 Å². The van der Waals surface area contributed by atoms with Gasteiger partial charge in [-0.2, -0.15) is 0 Å². The number of esters is 1. The molecule has 0 saturated heterocycles. The first-order chi connectivity index (χ1) is 8.67. The van der Waals surface area contributed by atoms with Gasteiger partial charge < -0.3 is 9.15 Å². The van der Waals surface area contributed by atoms with E-state index in [-0.39, 0.29) is 5.56 Å². The molecule has 0 aliphatic carbocycles. The molecule has 2 heterocycles. The molecule has 2 rings (SSSR count). The smallest absolute Gasteiger partial charge is 0.352 e. The first-order valence-corrected chi connectivity index (χ1v) is 7.12. The zero-order valence-corrected chi connectivity index (χ0v) is 11.4. The minimum Gasteiger partial charge on any atom is -0.465 e. The fraction of sp³-hybridized carbons (Fsp3) is 0.167. The molecule has 18 heavy (non-hydrogen) atoms. The van der Waals surface area contributed by atoms with Crippen molar-refractivity contribution in [3.63, 3.8) is 0 Å². The van der Waals surface area contributed by atoms with Crippen molar-refractivity contribution in [2.45, 2.75) is 4.90 Å². The summed E-state index contributed by atoms with van der Waals surface area (Å²) in [6.45, 7) is 0. The zero-order chi connectivity index (χ0) is 13.1. The van der Waals surface area contributed by atoms with Crippen LogP contribution in [0.15, 0.2) is 37.7 Å². The van der Waals surface area contributed by atoms with E-state index in [0.29, 0.717) is 10.7 Å². The second-order valence-electron chi connectivity index (χ2n) is 3.31. The van der Waals surface area contributed by atoms with Gasteiger partial charge in [-0.05, 0) is 23.8 Å². The van der Waals surface area contributed by atoms with Crippen LogP contribution in [0.2, 0.25) is 0 Å². The fourth-order valence-corrected chi connectivity index (χ4v) is 2.73. The summed E-state index contributed by atoms with van der Waals surface area (Å²) in [7, 11) is 1.24. The van der Waals surface area contributed by atoms with E-state index >= 15 is 0 Å². The largest absolute Gasteiger partial charge is 0.465 e. The lowest BCUT2D eigenvalue weighted by Gasteiger charge is -2.05. The first kappa shape index (κ1) is 12.9. The number of thioether (sulfide) groups is 1. The maximum atomic E-state index is 11.8. The molecular weight excluding hydrogens is 272 g/mol. The Bertz CT molecular complexity index is 614. The normalized spacial score (nSPS) is 10.3. The lowest BCUT2D eigenvalue weighted by molar-refractivity contribution is 0.0591. The second-order valence-corrected chi connectivity index (χ2v) is 5.11. The lowest BCUT2D eigenvalue weighted by atomic mass is 10.2. The molecule has 0 aromatic carbocycles. The van der Waals surface area contributed by atoms with Crippen LogP contribution in [0.4, 0.5) is 0 Å². The molecule has 94 valence electrons. The van der Waals surface area contributed by atoms with Crippen LogP contribution in [0.5, 0.6) is 0 Å². The van der Waals surface area contributed by atoms with Gasteiger partial charge in [0, 0.05) is 4.90 Å². The van der Waals surface area contributed by atoms with E-state index in [1.165, 1.54) is 30.2 Å². The van der Waals surface area contributed by atoms with E-state index in [1.807, 2.05) is 17.5 Å². The van der Waals surface area contributed by atoms with Crippen molar-refractivity contribution >= 4 is 29.1 Å². The summed E-state index contributed by atoms with van der Waals surface area (Å²) in [5.41, 5.74) is -0.720. The van der Waals surface area contributed by atoms with Crippen molar-refractivity contribution < 1.29 is 13.9 Å². The van der Waals surface area contributed by atoms with E-state index in [2.05, 4.69) is 4.74 Å². The number of hydrogen-bond acceptors (Lipinski definition) is 6. The number of methoxy groups -OCH3 is 1. The Kier molecular flexibility index (Phi) is 3.88. The predicted molar refractivity (Wildman–Crippen MR) is 71.4 cm³/mol. The van der Waals surface area contributed by atoms with Crippen molar-refractivity contribution in [2.75, 3.05) is 13.4 Å². The number of rotatable bonds is 3. The monoisotopic (exact) mass is 282 g/mol. The zero-order valence-electron chi connectivity index (χ0n) is 9.76. The third kappa shape index (κ3) is 2.34. The van der Waals surface area contributed by atoms with Crippen LogP contribution in [0.3, 0.4) is 0 Å². The molecule has 0 N–H and O–H groups in total. The second kappa shape index (κ2) is 5.41. The Morgan fingerprint density at radius 1 is 1.50 bits per heavy atom. The van der Waals surface area contributed by atoms with Gasteiger partial charge in [-0.25, -0.2) is 9.59 Å². The van der Waals surface area contributed by atoms with Gasteiger partial charge in [0.05, 0.1) is 12.0 Å². The molecule has 0 aliphatic rings. The SMILES string of the molecule is COC(=O)c1c(SC)cc(-c2cccs2)oc1=O. The van der Waals surface area contributed by atoms with E-state index in [4.69, 9.17) is 4.42 Å². The molecule has 0 bridgehead atoms. The van der Waals surface area contributed by atoms with Crippen LogP contribution in [-0.2, 0) is 4.74 Å². The average molecular weight is 282 g/mol. The van der Waals surface area contributed by atoms with Crippen molar-refractivity contribution in [1.29, 1.82) is 0 Å². The molecule has 0 fully saturated rings. The molecule has 0 spiro atoms. The van der Waals surface area contributed by atoms with Gasteiger partial charge in [0.2, 0.25) is 0 Å². The maximum absolute atomic E-state index is 11.8. The highest BCUT2D eigenvalue weighted by atomic mass is 32.2. The van der Waals surface area contributed by atoms with Gasteiger partial charge in [-0.1, -0.05) is 6.07 Å². The Morgan fingerprint density at radius 2 is 2.28 bits per heavy atom. The van der Waals surface area contributed by atoms with Crippen LogP contribution >= 0.6 is 23.1 Å². The lowest BCUT2D eigenvalue weighted by Crippen LogP contribution is -2.17. The van der Waals surface area contributed by atoms with Crippen LogP contribution < -0.4 is 5.63 Å². The summed E-state index contributed by atoms with van der Waals surface area (Å²) in [6.07, 6.45) is 1.79. The van der Waals surface area contributed by atoms with E-state index in [9.17, 15) is 9.59 Å². The van der Waals surface area contributed by atoms with Gasteiger partial charge in [0.1, 0.15) is 5.76 Å². The van der Waals surface area contributed by atoms with Crippen LogP contribution in [-0.4, -0.2) is 19.3 Å². The topological polar surface area (TPSA) is 56.5 Å². The summed E-state index contributed by atoms with van der Waals surface area (Å²) in [4.78, 5) is 24.8. The molecule has 2 aromatic rings. The Morgan fingerprint density at radius 3 is 2.83 bits per heavy atom. The standard InChI is InChI=1S/C12H10O4S2/c1-15-11(13)10-9(17-2)6-7(16-12(10)14)8-4-3-5-18-8/h3-6H,1-2H3. The Hall–Kier alpha value is -1.53. The highest BCUT2D eigenvalue weighted by Gasteiger charge is 2.20. The van der Waals surface area contributed by atoms with Crippen LogP contribution in [0.25, 0.3) is 10.6 Å². The van der Waals surface area contributed by atoms with Gasteiger partial charge in [0.25, 0.3) is 0 Å². The van der Waals surface area contributed by atoms with E-state index in [1.54, 1.807) is 12.3 Å². The average Bonchev–Trinajstić information content (AvgIpc) is 2.90. The van der Waals surface area contributed by atoms with Crippen LogP contribution in [0.1, 0.15) is 10.4 Å². The number of carbonyl (C=O) groups excluding carboxylic acids is 1. The molecule has 0 saturated carbocycles. The highest BCUT2D eigenvalue weighted by Crippen LogP contribution is 2.28. The number of thiophene rings is 1. The van der Waals surface area contributed by atoms with Crippen molar-refractivity contribution in [1.82, 2.24) is 0 Å². The molecule has 2 aromatic heterocycles. The van der Waals surface area contributed by atoms with Crippen molar-refractivity contribution in [3.05, 3.63) is 39.6 Å². The number of carbonyl (C=O) groups is 1. The molecule has 0 radical (unpaired) electrons. The third-order valence-electron chi connectivity index (χ3n) is 2.29. The molecule has 0 atom stereocenters. The number of ether oxygens (including phenoxy) is 1. The third-order valence-corrected chi connectivity index (χ3v) is 3.94. The van der Waals surface area contributed by atoms with E-state index in [0.717, 1.165) is 4.88 Å².